The molecule has 0 rings (SSSR count). The van der Waals surface area contributed by atoms with Crippen molar-refractivity contribution in [3.8, 4) is 0 Å². The Morgan fingerprint density at radius 3 is 1.00 bits per heavy atom. The lowest BCUT2D eigenvalue weighted by Crippen LogP contribution is -2.33. The summed E-state index contributed by atoms with van der Waals surface area (Å²) >= 11 is 0. The molecule has 0 aromatic carbocycles. The van der Waals surface area contributed by atoms with Crippen LogP contribution < -0.4 is 0 Å². The molecular weight excluding hydrogens is 705 g/mol. The zero-order valence-electron chi connectivity index (χ0n) is 39.7. The van der Waals surface area contributed by atoms with Crippen molar-refractivity contribution >= 4 is 11.9 Å². The Balaban J connectivity index is 4.10. The van der Waals surface area contributed by atoms with Gasteiger partial charge in [0.25, 0.3) is 0 Å². The lowest BCUT2D eigenvalue weighted by molar-refractivity contribution is -0.150. The molecule has 0 N–H and O–H groups in total. The van der Waals surface area contributed by atoms with Gasteiger partial charge in [-0.3, -0.25) is 9.59 Å². The van der Waals surface area contributed by atoms with Crippen molar-refractivity contribution in [1.29, 1.82) is 0 Å². The normalized spacial score (nSPS) is 12.8. The Morgan fingerprint density at radius 2 is 0.632 bits per heavy atom. The van der Waals surface area contributed by atoms with Crippen LogP contribution in [0.25, 0.3) is 0 Å². The van der Waals surface area contributed by atoms with Gasteiger partial charge in [-0.2, -0.15) is 0 Å². The van der Waals surface area contributed by atoms with Gasteiger partial charge in [0.2, 0.25) is 0 Å². The van der Waals surface area contributed by atoms with Crippen molar-refractivity contribution in [2.45, 2.75) is 252 Å². The van der Waals surface area contributed by atoms with Gasteiger partial charge in [0.15, 0.2) is 0 Å². The smallest absolute Gasteiger partial charge is 0.308 e. The minimum absolute atomic E-state index is 0.0720. The molecule has 0 saturated carbocycles. The third kappa shape index (κ3) is 38.8. The van der Waals surface area contributed by atoms with Crippen LogP contribution in [-0.2, 0) is 19.1 Å². The minimum atomic E-state index is 0.0720. The summed E-state index contributed by atoms with van der Waals surface area (Å²) in [5, 5.41) is 0. The van der Waals surface area contributed by atoms with E-state index in [4.69, 9.17) is 9.47 Å². The van der Waals surface area contributed by atoms with Gasteiger partial charge in [-0.15, -0.1) is 0 Å². The van der Waals surface area contributed by atoms with Crippen molar-refractivity contribution in [3.05, 3.63) is 0 Å². The molecule has 0 aliphatic heterocycles. The molecule has 57 heavy (non-hydrogen) atoms. The molecule has 0 amide bonds. The zero-order valence-corrected chi connectivity index (χ0v) is 39.7. The third-order valence-corrected chi connectivity index (χ3v) is 12.1. The molecule has 0 saturated heterocycles. The molecule has 0 radical (unpaired) electrons. The SMILES string of the molecule is CCCCCCCCC(CCCCCC)C(=O)OCCCCCCCCCN(CCCCCCCCCOC(=O)C(CCCCC)CCCCCC)CCN(C)C. The highest BCUT2D eigenvalue weighted by Gasteiger charge is 2.20. The molecule has 0 spiro atoms. The summed E-state index contributed by atoms with van der Waals surface area (Å²) in [7, 11) is 4.37. The van der Waals surface area contributed by atoms with E-state index >= 15 is 0 Å². The molecule has 6 nitrogen and oxygen atoms in total. The lowest BCUT2D eigenvalue weighted by Gasteiger charge is -2.24. The van der Waals surface area contributed by atoms with E-state index in [1.54, 1.807) is 0 Å². The maximum Gasteiger partial charge on any atom is 0.308 e. The average molecular weight is 807 g/mol. The summed E-state index contributed by atoms with van der Waals surface area (Å²) in [6, 6.07) is 0. The van der Waals surface area contributed by atoms with E-state index in [2.05, 4.69) is 51.6 Å². The lowest BCUT2D eigenvalue weighted by atomic mass is 9.94. The number of rotatable bonds is 46. The standard InChI is InChI=1S/C51H102N2O4/c1-7-11-15-18-25-33-41-49(40-32-17-13-9-3)51(55)57-47-37-29-24-20-22-27-35-43-53(45-44-52(5)6)42-34-26-21-19-23-28-36-46-56-50(54)48(38-30-14-10-4)39-31-16-12-8-2/h48-49H,7-47H2,1-6H3. The van der Waals surface area contributed by atoms with Gasteiger partial charge in [-0.1, -0.05) is 201 Å². The summed E-state index contributed by atoms with van der Waals surface area (Å²) in [5.74, 6) is 0.393. The van der Waals surface area contributed by atoms with Crippen LogP contribution >= 0.6 is 0 Å². The maximum absolute atomic E-state index is 12.9. The van der Waals surface area contributed by atoms with Crippen LogP contribution in [0.3, 0.4) is 0 Å². The Kier molecular flexibility index (Phi) is 43.5. The molecule has 2 unspecified atom stereocenters. The molecule has 0 aliphatic carbocycles. The predicted octanol–water partition coefficient (Wildman–Crippen LogP) is 14.9. The number of likely N-dealkylation sites (N-methyl/N-ethyl adjacent to an activating group) is 1. The second-order valence-electron chi connectivity index (χ2n) is 18.1. The topological polar surface area (TPSA) is 59.1 Å². The summed E-state index contributed by atoms with van der Waals surface area (Å²) in [6.07, 6.45) is 42.5. The highest BCUT2D eigenvalue weighted by atomic mass is 16.5. The fourth-order valence-electron chi connectivity index (χ4n) is 8.11. The number of hydrogen-bond acceptors (Lipinski definition) is 6. The van der Waals surface area contributed by atoms with Crippen LogP contribution in [0.2, 0.25) is 0 Å². The maximum atomic E-state index is 12.9. The van der Waals surface area contributed by atoms with Gasteiger partial charge in [0.05, 0.1) is 25.0 Å². The van der Waals surface area contributed by atoms with Crippen molar-refractivity contribution in [2.24, 2.45) is 11.8 Å². The largest absolute Gasteiger partial charge is 0.465 e. The highest BCUT2D eigenvalue weighted by molar-refractivity contribution is 5.72. The Morgan fingerprint density at radius 1 is 0.351 bits per heavy atom. The molecule has 340 valence electrons. The second kappa shape index (κ2) is 44.4. The first-order valence-electron chi connectivity index (χ1n) is 25.6. The van der Waals surface area contributed by atoms with Crippen LogP contribution in [-0.4, -0.2) is 75.2 Å². The third-order valence-electron chi connectivity index (χ3n) is 12.1. The van der Waals surface area contributed by atoms with E-state index in [0.29, 0.717) is 13.2 Å². The number of carbonyl (C=O) groups excluding carboxylic acids is 2. The van der Waals surface area contributed by atoms with E-state index in [1.165, 1.54) is 193 Å². The first kappa shape index (κ1) is 55.9. The van der Waals surface area contributed by atoms with E-state index in [1.807, 2.05) is 0 Å². The molecule has 0 aromatic heterocycles. The van der Waals surface area contributed by atoms with Crippen molar-refractivity contribution < 1.29 is 19.1 Å². The van der Waals surface area contributed by atoms with E-state index in [0.717, 1.165) is 57.9 Å². The van der Waals surface area contributed by atoms with Gasteiger partial charge < -0.3 is 19.3 Å². The summed E-state index contributed by atoms with van der Waals surface area (Å²) < 4.78 is 11.6. The number of esters is 2. The molecule has 6 heteroatoms. The van der Waals surface area contributed by atoms with Crippen LogP contribution in [0.5, 0.6) is 0 Å². The Bertz CT molecular complexity index is 836. The first-order chi connectivity index (χ1) is 27.9. The summed E-state index contributed by atoms with van der Waals surface area (Å²) in [5.41, 5.74) is 0. The zero-order chi connectivity index (χ0) is 41.9. The molecule has 0 aliphatic rings. The van der Waals surface area contributed by atoms with Gasteiger partial charge in [0.1, 0.15) is 0 Å². The Labute approximate surface area is 357 Å². The molecule has 2 atom stereocenters. The minimum Gasteiger partial charge on any atom is -0.465 e. The van der Waals surface area contributed by atoms with Crippen molar-refractivity contribution in [1.82, 2.24) is 9.80 Å². The van der Waals surface area contributed by atoms with Crippen LogP contribution in [0, 0.1) is 11.8 Å². The fourth-order valence-corrected chi connectivity index (χ4v) is 8.11. The molecular formula is C51H102N2O4. The quantitative estimate of drug-likeness (QED) is 0.0451. The molecule has 0 aromatic rings. The van der Waals surface area contributed by atoms with E-state index in [9.17, 15) is 9.59 Å². The summed E-state index contributed by atoms with van der Waals surface area (Å²) in [6.45, 7) is 14.9. The van der Waals surface area contributed by atoms with Crippen molar-refractivity contribution in [3.63, 3.8) is 0 Å². The predicted molar refractivity (Wildman–Crippen MR) is 248 cm³/mol. The molecule has 0 heterocycles. The van der Waals surface area contributed by atoms with Gasteiger partial charge in [0, 0.05) is 13.1 Å². The number of carbonyl (C=O) groups is 2. The Hall–Kier alpha value is -1.14. The number of hydrogen-bond donors (Lipinski definition) is 0. The summed E-state index contributed by atoms with van der Waals surface area (Å²) in [4.78, 5) is 30.7. The van der Waals surface area contributed by atoms with Gasteiger partial charge in [-0.05, 0) is 78.6 Å². The molecule has 0 bridgehead atoms. The number of ether oxygens (including phenoxy) is 2. The van der Waals surface area contributed by atoms with Gasteiger partial charge in [-0.25, -0.2) is 0 Å². The average Bonchev–Trinajstić information content (AvgIpc) is 3.20. The number of nitrogens with zero attached hydrogens (tertiary/aromatic N) is 2. The fraction of sp³-hybridized carbons (Fsp3) is 0.961. The van der Waals surface area contributed by atoms with Crippen LogP contribution in [0.15, 0.2) is 0 Å². The second-order valence-corrected chi connectivity index (χ2v) is 18.1. The van der Waals surface area contributed by atoms with E-state index in [-0.39, 0.29) is 23.8 Å². The number of unbranched alkanes of at least 4 members (excludes halogenated alkanes) is 25. The van der Waals surface area contributed by atoms with Gasteiger partial charge >= 0.3 is 11.9 Å². The van der Waals surface area contributed by atoms with Crippen LogP contribution in [0.4, 0.5) is 0 Å². The van der Waals surface area contributed by atoms with E-state index < -0.39 is 0 Å². The molecule has 0 fully saturated rings. The van der Waals surface area contributed by atoms with Crippen LogP contribution in [0.1, 0.15) is 252 Å². The monoisotopic (exact) mass is 807 g/mol. The van der Waals surface area contributed by atoms with Crippen molar-refractivity contribution in [2.75, 3.05) is 53.5 Å². The highest BCUT2D eigenvalue weighted by Crippen LogP contribution is 2.22. The first-order valence-corrected chi connectivity index (χ1v) is 25.6.